The van der Waals surface area contributed by atoms with E-state index in [4.69, 9.17) is 0 Å². The first-order chi connectivity index (χ1) is 3.13. The summed E-state index contributed by atoms with van der Waals surface area (Å²) in [5.74, 6) is -1.12. The summed E-state index contributed by atoms with van der Waals surface area (Å²) in [7, 11) is 0. The molecular weight excluding hydrogens is 303 g/mol. The molecule has 0 aliphatic carbocycles. The number of hydrogen-bond donors (Lipinski definition) is 0. The zero-order valence-corrected chi connectivity index (χ0v) is 10.4. The Hall–Kier alpha value is 0.0621. The van der Waals surface area contributed by atoms with Gasteiger partial charge < -0.3 is 4.74 Å². The van der Waals surface area contributed by atoms with Crippen LogP contribution < -0.4 is 0 Å². The Morgan fingerprint density at radius 3 is 1.38 bits per heavy atom. The molecule has 3 nitrogen and oxygen atoms in total. The van der Waals surface area contributed by atoms with Gasteiger partial charge in [0.25, 0.3) is 0 Å². The van der Waals surface area contributed by atoms with Crippen molar-refractivity contribution in [2.24, 2.45) is 0 Å². The Morgan fingerprint density at radius 1 is 1.12 bits per heavy atom. The summed E-state index contributed by atoms with van der Waals surface area (Å²) in [6.07, 6.45) is 0. The first kappa shape index (κ1) is 10.9. The topological polar surface area (TPSA) is 43.4 Å². The molecule has 4 heteroatoms. The van der Waals surface area contributed by atoms with Crippen LogP contribution in [0.4, 0.5) is 0 Å². The molecule has 0 spiro atoms. The van der Waals surface area contributed by atoms with Crippen molar-refractivity contribution in [2.45, 2.75) is 13.8 Å². The second kappa shape index (κ2) is 5.20. The molecule has 2 radical (unpaired) electrons. The van der Waals surface area contributed by atoms with Crippen LogP contribution in [0.2, 0.25) is 0 Å². The Bertz CT molecular complexity index is 87.5. The van der Waals surface area contributed by atoms with Gasteiger partial charge in [-0.1, -0.05) is 0 Å². The second-order valence-electron chi connectivity index (χ2n) is 1.09. The van der Waals surface area contributed by atoms with Crippen LogP contribution in [0.5, 0.6) is 0 Å². The summed E-state index contributed by atoms with van der Waals surface area (Å²) in [6.45, 7) is 2.36. The van der Waals surface area contributed by atoms with Gasteiger partial charge in [-0.2, -0.15) is 0 Å². The fourth-order valence-electron chi connectivity index (χ4n) is 0.202. The summed E-state index contributed by atoms with van der Waals surface area (Å²) in [4.78, 5) is 19.6. The molecule has 0 aliphatic rings. The second-order valence-corrected chi connectivity index (χ2v) is 1.09. The molecule has 0 saturated heterocycles. The number of esters is 2. The molecular formula is C4H8O3Pb. The maximum atomic E-state index is 9.81. The summed E-state index contributed by atoms with van der Waals surface area (Å²) in [6, 6.07) is 0. The van der Waals surface area contributed by atoms with Crippen LogP contribution in [-0.2, 0) is 14.3 Å². The fraction of sp³-hybridized carbons (Fsp3) is 0.500. The Balaban J connectivity index is 0. The predicted octanol–water partition coefficient (Wildman–Crippen LogP) is -0.820. The first-order valence-corrected chi connectivity index (χ1v) is 1.82. The van der Waals surface area contributed by atoms with Crippen LogP contribution in [0.3, 0.4) is 0 Å². The monoisotopic (exact) mass is 312 g/mol. The van der Waals surface area contributed by atoms with Crippen molar-refractivity contribution < 1.29 is 14.3 Å². The van der Waals surface area contributed by atoms with E-state index in [1.54, 1.807) is 0 Å². The molecule has 8 heavy (non-hydrogen) atoms. The number of carbonyl (C=O) groups excluding carboxylic acids is 2. The average molecular weight is 311 g/mol. The van der Waals surface area contributed by atoms with Crippen LogP contribution >= 0.6 is 0 Å². The predicted molar refractivity (Wildman–Crippen MR) is 31.0 cm³/mol. The summed E-state index contributed by atoms with van der Waals surface area (Å²) < 4.78 is 3.97. The van der Waals surface area contributed by atoms with E-state index >= 15 is 0 Å². The van der Waals surface area contributed by atoms with E-state index in [0.717, 1.165) is 0 Å². The molecule has 0 amide bonds. The van der Waals surface area contributed by atoms with Gasteiger partial charge in [-0.05, 0) is 0 Å². The van der Waals surface area contributed by atoms with Crippen molar-refractivity contribution in [2.75, 3.05) is 0 Å². The molecule has 0 rings (SSSR count). The van der Waals surface area contributed by atoms with E-state index in [2.05, 4.69) is 4.74 Å². The van der Waals surface area contributed by atoms with E-state index in [1.165, 1.54) is 13.8 Å². The molecule has 0 aromatic rings. The molecule has 0 aromatic heterocycles. The quantitative estimate of drug-likeness (QED) is 0.334. The normalized spacial score (nSPS) is 6.75. The third-order valence-corrected chi connectivity index (χ3v) is 0.287. The van der Waals surface area contributed by atoms with Crippen molar-refractivity contribution in [1.82, 2.24) is 0 Å². The molecule has 0 saturated carbocycles. The van der Waals surface area contributed by atoms with Gasteiger partial charge in [0.1, 0.15) is 0 Å². The molecule has 0 aromatic carbocycles. The van der Waals surface area contributed by atoms with Gasteiger partial charge in [0.15, 0.2) is 0 Å². The summed E-state index contributed by atoms with van der Waals surface area (Å²) in [5.41, 5.74) is 0. The van der Waals surface area contributed by atoms with E-state index in [9.17, 15) is 9.59 Å². The minimum atomic E-state index is -0.562. The molecule has 0 heterocycles. The van der Waals surface area contributed by atoms with E-state index in [1.807, 2.05) is 0 Å². The Kier molecular flexibility index (Phi) is 7.12. The van der Waals surface area contributed by atoms with Gasteiger partial charge in [-0.15, -0.1) is 0 Å². The van der Waals surface area contributed by atoms with E-state index in [-0.39, 0.29) is 27.3 Å². The Labute approximate surface area is 67.6 Å². The first-order valence-electron chi connectivity index (χ1n) is 1.82. The van der Waals surface area contributed by atoms with Gasteiger partial charge in [0, 0.05) is 13.8 Å². The molecule has 0 fully saturated rings. The van der Waals surface area contributed by atoms with Crippen molar-refractivity contribution >= 4 is 39.2 Å². The van der Waals surface area contributed by atoms with Crippen LogP contribution in [-0.4, -0.2) is 39.2 Å². The standard InChI is InChI=1S/C4H6O3.Pb.2H/c1-3(5)7-4(2)6;;;/h1-2H3;;;. The number of carbonyl (C=O) groups is 2. The third kappa shape index (κ3) is 9.41. The third-order valence-electron chi connectivity index (χ3n) is 0.287. The van der Waals surface area contributed by atoms with Crippen LogP contribution in [0.15, 0.2) is 0 Å². The molecule has 0 atom stereocenters. The van der Waals surface area contributed by atoms with Gasteiger partial charge in [-0.25, -0.2) is 0 Å². The molecule has 46 valence electrons. The summed E-state index contributed by atoms with van der Waals surface area (Å²) in [5, 5.41) is 0. The van der Waals surface area contributed by atoms with Crippen LogP contribution in [0.25, 0.3) is 0 Å². The van der Waals surface area contributed by atoms with E-state index < -0.39 is 11.9 Å². The fourth-order valence-corrected chi connectivity index (χ4v) is 0.202. The number of rotatable bonds is 0. The minimum absolute atomic E-state index is 0. The Morgan fingerprint density at radius 2 is 1.38 bits per heavy atom. The molecule has 0 N–H and O–H groups in total. The van der Waals surface area contributed by atoms with Gasteiger partial charge in [0.05, 0.1) is 0 Å². The SMILES string of the molecule is CC(=O)OC(C)=O.[PbH2]. The number of hydrogen-bond acceptors (Lipinski definition) is 3. The van der Waals surface area contributed by atoms with Crippen molar-refractivity contribution in [3.8, 4) is 0 Å². The van der Waals surface area contributed by atoms with E-state index in [0.29, 0.717) is 0 Å². The number of ether oxygens (including phenoxy) is 1. The van der Waals surface area contributed by atoms with Crippen molar-refractivity contribution in [3.63, 3.8) is 0 Å². The van der Waals surface area contributed by atoms with Crippen molar-refractivity contribution in [1.29, 1.82) is 0 Å². The van der Waals surface area contributed by atoms with Gasteiger partial charge in [0.2, 0.25) is 0 Å². The van der Waals surface area contributed by atoms with Gasteiger partial charge >= 0.3 is 39.2 Å². The van der Waals surface area contributed by atoms with Crippen molar-refractivity contribution in [3.05, 3.63) is 0 Å². The zero-order chi connectivity index (χ0) is 5.86. The molecule has 0 unspecified atom stereocenters. The molecule has 0 aliphatic heterocycles. The van der Waals surface area contributed by atoms with Crippen LogP contribution in [0, 0.1) is 0 Å². The summed E-state index contributed by atoms with van der Waals surface area (Å²) >= 11 is 0. The molecule has 0 bridgehead atoms. The van der Waals surface area contributed by atoms with Crippen LogP contribution in [0.1, 0.15) is 13.8 Å². The van der Waals surface area contributed by atoms with Gasteiger partial charge in [-0.3, -0.25) is 9.59 Å². The maximum absolute atomic E-state index is 9.81. The zero-order valence-electron chi connectivity index (χ0n) is 4.93. The average Bonchev–Trinajstić information content (AvgIpc) is 1.27.